The van der Waals surface area contributed by atoms with Crippen molar-refractivity contribution >= 4 is 20.4 Å². The molecule has 0 saturated carbocycles. The fraction of sp³-hybridized carbons (Fsp3) is 0.265. The van der Waals surface area contributed by atoms with Gasteiger partial charge >= 0.3 is 0 Å². The highest BCUT2D eigenvalue weighted by Gasteiger charge is 2.28. The molecule has 2 atom stereocenters. The summed E-state index contributed by atoms with van der Waals surface area (Å²) in [5, 5.41) is 1.05. The van der Waals surface area contributed by atoms with Crippen molar-refractivity contribution in [2.24, 2.45) is 5.92 Å². The van der Waals surface area contributed by atoms with Crippen LogP contribution in [-0.2, 0) is 12.8 Å². The molecule has 1 aromatic carbocycles. The zero-order valence-corrected chi connectivity index (χ0v) is 24.7. The van der Waals surface area contributed by atoms with Crippen LogP contribution in [-0.4, -0.2) is 15.9 Å². The molecule has 3 rings (SSSR count). The second kappa shape index (κ2) is 13.7. The molecule has 3 aromatic rings. The van der Waals surface area contributed by atoms with Crippen LogP contribution in [0.25, 0.3) is 11.1 Å². The highest BCUT2D eigenvalue weighted by atomic mass is 31.0. The molecular formula is C34H36F3N2P. The minimum absolute atomic E-state index is 0.0443. The van der Waals surface area contributed by atoms with Crippen molar-refractivity contribution in [1.82, 2.24) is 9.97 Å². The van der Waals surface area contributed by atoms with Gasteiger partial charge in [-0.05, 0) is 90.5 Å². The van der Waals surface area contributed by atoms with E-state index in [1.807, 2.05) is 27.0 Å². The van der Waals surface area contributed by atoms with Crippen molar-refractivity contribution in [2.75, 3.05) is 0 Å². The van der Waals surface area contributed by atoms with Crippen LogP contribution >= 0.6 is 9.24 Å². The number of allylic oxidation sites excluding steroid dienone is 5. The smallest absolute Gasteiger partial charge is 0.255 e. The topological polar surface area (TPSA) is 25.8 Å². The number of benzene rings is 1. The Balaban J connectivity index is 2.12. The number of hydrogen-bond acceptors (Lipinski definition) is 2. The van der Waals surface area contributed by atoms with Gasteiger partial charge in [-0.2, -0.15) is 0 Å². The van der Waals surface area contributed by atoms with E-state index >= 15 is 0 Å². The van der Waals surface area contributed by atoms with E-state index in [1.54, 1.807) is 24.4 Å². The molecule has 0 aliphatic heterocycles. The molecule has 0 bridgehead atoms. The maximum Gasteiger partial charge on any atom is 0.255 e. The van der Waals surface area contributed by atoms with E-state index in [-0.39, 0.29) is 11.7 Å². The number of halogens is 3. The first kappa shape index (κ1) is 31.0. The molecule has 0 radical (unpaired) electrons. The van der Waals surface area contributed by atoms with E-state index in [4.69, 9.17) is 4.98 Å². The fourth-order valence-electron chi connectivity index (χ4n) is 4.78. The molecule has 2 nitrogen and oxygen atoms in total. The number of pyridine rings is 2. The van der Waals surface area contributed by atoms with Gasteiger partial charge in [0.2, 0.25) is 0 Å². The Morgan fingerprint density at radius 1 is 1.07 bits per heavy atom. The lowest BCUT2D eigenvalue weighted by atomic mass is 9.91. The molecule has 0 aliphatic carbocycles. The van der Waals surface area contributed by atoms with Crippen molar-refractivity contribution in [2.45, 2.75) is 52.9 Å². The summed E-state index contributed by atoms with van der Waals surface area (Å²) in [4.78, 5) is 9.18. The van der Waals surface area contributed by atoms with Gasteiger partial charge in [0.05, 0.1) is 5.69 Å². The minimum atomic E-state index is -2.91. The third-order valence-electron chi connectivity index (χ3n) is 6.59. The standard InChI is InChI=1S/C34H36F3N2P/c1-7-13-34(36,37)18-27-17-28(20-38-19-27)31(15-22(3)14-26-9-11-30(35)12-10-26)33-24(5)16-29(21-39-33)32(25(6)40)23(4)8-2/h7,9-12,15-17,19-22H,1-2,13-14,18,40H2,3-6H3. The van der Waals surface area contributed by atoms with Gasteiger partial charge in [-0.25, -0.2) is 13.2 Å². The van der Waals surface area contributed by atoms with Crippen molar-refractivity contribution in [3.8, 4) is 0 Å². The Morgan fingerprint density at radius 2 is 1.77 bits per heavy atom. The number of hydrogen-bond donors (Lipinski definition) is 0. The van der Waals surface area contributed by atoms with Crippen LogP contribution in [0.4, 0.5) is 13.2 Å². The van der Waals surface area contributed by atoms with Crippen molar-refractivity contribution in [3.05, 3.63) is 136 Å². The van der Waals surface area contributed by atoms with Crippen LogP contribution in [0, 0.1) is 18.7 Å². The fourth-order valence-corrected chi connectivity index (χ4v) is 5.17. The van der Waals surface area contributed by atoms with Crippen LogP contribution < -0.4 is 0 Å². The summed E-state index contributed by atoms with van der Waals surface area (Å²) in [6.45, 7) is 15.3. The lowest BCUT2D eigenvalue weighted by molar-refractivity contribution is 0.00491. The summed E-state index contributed by atoms with van der Waals surface area (Å²) < 4.78 is 42.3. The Hall–Kier alpha value is -3.52. The normalized spacial score (nSPS) is 13.3. The summed E-state index contributed by atoms with van der Waals surface area (Å²) in [7, 11) is 2.73. The Kier molecular flexibility index (Phi) is 10.6. The summed E-state index contributed by atoms with van der Waals surface area (Å²) >= 11 is 0. The van der Waals surface area contributed by atoms with Crippen LogP contribution in [0.1, 0.15) is 60.7 Å². The molecule has 0 amide bonds. The molecule has 2 aromatic heterocycles. The molecule has 0 saturated heterocycles. The van der Waals surface area contributed by atoms with E-state index < -0.39 is 18.8 Å². The first-order chi connectivity index (χ1) is 18.9. The molecule has 0 fully saturated rings. The second-order valence-electron chi connectivity index (χ2n) is 10.2. The molecule has 0 N–H and O–H groups in total. The maximum atomic E-state index is 14.4. The zero-order valence-electron chi connectivity index (χ0n) is 23.6. The largest absolute Gasteiger partial charge is 0.264 e. The summed E-state index contributed by atoms with van der Waals surface area (Å²) in [6, 6.07) is 10.3. The van der Waals surface area contributed by atoms with Gasteiger partial charge in [0.1, 0.15) is 5.82 Å². The Labute approximate surface area is 238 Å². The minimum Gasteiger partial charge on any atom is -0.264 e. The lowest BCUT2D eigenvalue weighted by Gasteiger charge is -2.18. The summed E-state index contributed by atoms with van der Waals surface area (Å²) in [6.07, 6.45) is 8.15. The van der Waals surface area contributed by atoms with Gasteiger partial charge in [0.15, 0.2) is 0 Å². The average Bonchev–Trinajstić information content (AvgIpc) is 2.88. The van der Waals surface area contributed by atoms with Crippen molar-refractivity contribution in [3.63, 3.8) is 0 Å². The van der Waals surface area contributed by atoms with E-state index in [0.29, 0.717) is 17.5 Å². The van der Waals surface area contributed by atoms with Gasteiger partial charge in [-0.15, -0.1) is 21.5 Å². The Bertz CT molecular complexity index is 1480. The van der Waals surface area contributed by atoms with Crippen LogP contribution in [0.15, 0.2) is 96.9 Å². The third kappa shape index (κ3) is 8.24. The summed E-state index contributed by atoms with van der Waals surface area (Å²) in [5.74, 6) is -3.14. The first-order valence-electron chi connectivity index (χ1n) is 13.1. The van der Waals surface area contributed by atoms with Crippen LogP contribution in [0.5, 0.6) is 0 Å². The van der Waals surface area contributed by atoms with Gasteiger partial charge in [-0.1, -0.05) is 37.8 Å². The Morgan fingerprint density at radius 3 is 2.38 bits per heavy atom. The van der Waals surface area contributed by atoms with E-state index in [2.05, 4.69) is 52.2 Å². The predicted molar refractivity (Wildman–Crippen MR) is 164 cm³/mol. The highest BCUT2D eigenvalue weighted by Crippen LogP contribution is 2.33. The molecule has 6 heteroatoms. The lowest BCUT2D eigenvalue weighted by Crippen LogP contribution is -2.18. The number of aryl methyl sites for hydroxylation is 1. The average molecular weight is 561 g/mol. The molecule has 40 heavy (non-hydrogen) atoms. The monoisotopic (exact) mass is 560 g/mol. The summed E-state index contributed by atoms with van der Waals surface area (Å²) in [5.41, 5.74) is 10.5. The van der Waals surface area contributed by atoms with Crippen molar-refractivity contribution < 1.29 is 13.2 Å². The van der Waals surface area contributed by atoms with Gasteiger partial charge in [0, 0.05) is 48.1 Å². The number of rotatable bonds is 11. The molecule has 0 spiro atoms. The number of alkyl halides is 2. The number of nitrogens with zero attached hydrogens (tertiary/aromatic N) is 2. The van der Waals surface area contributed by atoms with Crippen LogP contribution in [0.3, 0.4) is 0 Å². The van der Waals surface area contributed by atoms with E-state index in [1.165, 1.54) is 24.4 Å². The molecular weight excluding hydrogens is 524 g/mol. The molecule has 0 aliphatic rings. The quantitative estimate of drug-likeness (QED) is 0.101. The van der Waals surface area contributed by atoms with Crippen LogP contribution in [0.2, 0.25) is 0 Å². The van der Waals surface area contributed by atoms with Gasteiger partial charge in [-0.3, -0.25) is 9.97 Å². The van der Waals surface area contributed by atoms with E-state index in [0.717, 1.165) is 44.4 Å². The molecule has 2 unspecified atom stereocenters. The van der Waals surface area contributed by atoms with Crippen molar-refractivity contribution in [1.29, 1.82) is 0 Å². The first-order valence-corrected chi connectivity index (χ1v) is 13.7. The van der Waals surface area contributed by atoms with Gasteiger partial charge < -0.3 is 0 Å². The molecule has 208 valence electrons. The molecule has 2 heterocycles. The number of aromatic nitrogens is 2. The predicted octanol–water partition coefficient (Wildman–Crippen LogP) is 9.33. The highest BCUT2D eigenvalue weighted by molar-refractivity contribution is 7.23. The third-order valence-corrected chi connectivity index (χ3v) is 6.88. The van der Waals surface area contributed by atoms with E-state index in [9.17, 15) is 13.2 Å². The SMILES string of the molecule is C=C=C(C)C(=C(C)P)c1cnc(C(=CC(C)Cc2ccc(F)cc2)c2cncc(CC(F)(F)CC=C)c2)c(C)c1. The van der Waals surface area contributed by atoms with Gasteiger partial charge in [0.25, 0.3) is 5.92 Å². The zero-order chi connectivity index (χ0) is 29.4. The second-order valence-corrected chi connectivity index (χ2v) is 11.1. The maximum absolute atomic E-state index is 14.4.